The molecule has 1 aliphatic heterocycles. The summed E-state index contributed by atoms with van der Waals surface area (Å²) in [6, 6.07) is 3.65. The van der Waals surface area contributed by atoms with Crippen LogP contribution in [0.5, 0.6) is 0 Å². The Morgan fingerprint density at radius 3 is 2.56 bits per heavy atom. The number of aliphatic hydroxyl groups is 1. The third kappa shape index (κ3) is 1.47. The summed E-state index contributed by atoms with van der Waals surface area (Å²) >= 11 is 0. The lowest BCUT2D eigenvalue weighted by Gasteiger charge is -2.13. The van der Waals surface area contributed by atoms with Crippen molar-refractivity contribution in [1.29, 1.82) is 0 Å². The standard InChI is InChI=1S/C11H9F2NO4/c1-5(15)6-3-2-4-7-8(6)11(12,13)9(16)14(7)10(17)18/h2-5,15H,1H3,(H,17,18)/t5-/m1/s1. The van der Waals surface area contributed by atoms with Gasteiger partial charge in [-0.25, -0.2) is 9.69 Å². The van der Waals surface area contributed by atoms with E-state index in [9.17, 15) is 23.5 Å². The maximum Gasteiger partial charge on any atom is 0.418 e. The van der Waals surface area contributed by atoms with Crippen molar-refractivity contribution in [2.75, 3.05) is 4.90 Å². The Morgan fingerprint density at radius 1 is 1.44 bits per heavy atom. The zero-order chi connectivity index (χ0) is 13.7. The minimum Gasteiger partial charge on any atom is -0.464 e. The monoisotopic (exact) mass is 257 g/mol. The van der Waals surface area contributed by atoms with Crippen molar-refractivity contribution in [2.24, 2.45) is 0 Å². The lowest BCUT2D eigenvalue weighted by atomic mass is 9.99. The Bertz CT molecular complexity index is 542. The van der Waals surface area contributed by atoms with Crippen LogP contribution in [0.15, 0.2) is 18.2 Å². The number of aliphatic hydroxyl groups excluding tert-OH is 1. The maximum absolute atomic E-state index is 13.8. The molecule has 1 aromatic carbocycles. The van der Waals surface area contributed by atoms with Gasteiger partial charge in [-0.2, -0.15) is 8.78 Å². The Balaban J connectivity index is 2.75. The number of carbonyl (C=O) groups is 2. The molecule has 96 valence electrons. The van der Waals surface area contributed by atoms with E-state index in [1.807, 2.05) is 0 Å². The van der Waals surface area contributed by atoms with Crippen molar-refractivity contribution >= 4 is 17.7 Å². The molecule has 1 atom stereocenters. The largest absolute Gasteiger partial charge is 0.464 e. The average Bonchev–Trinajstić information content (AvgIpc) is 2.47. The number of halogens is 2. The number of nitrogens with zero attached hydrogens (tertiary/aromatic N) is 1. The van der Waals surface area contributed by atoms with Crippen LogP contribution >= 0.6 is 0 Å². The van der Waals surface area contributed by atoms with E-state index in [-0.39, 0.29) is 10.5 Å². The first-order valence-corrected chi connectivity index (χ1v) is 5.05. The number of benzene rings is 1. The van der Waals surface area contributed by atoms with Crippen molar-refractivity contribution in [3.05, 3.63) is 29.3 Å². The fourth-order valence-electron chi connectivity index (χ4n) is 1.98. The van der Waals surface area contributed by atoms with Crippen LogP contribution in [-0.4, -0.2) is 22.2 Å². The third-order valence-corrected chi connectivity index (χ3v) is 2.74. The molecule has 0 fully saturated rings. The van der Waals surface area contributed by atoms with Crippen LogP contribution in [0.25, 0.3) is 0 Å². The van der Waals surface area contributed by atoms with Crippen LogP contribution in [0.3, 0.4) is 0 Å². The van der Waals surface area contributed by atoms with Gasteiger partial charge < -0.3 is 10.2 Å². The number of fused-ring (bicyclic) bond motifs is 1. The van der Waals surface area contributed by atoms with Crippen LogP contribution in [-0.2, 0) is 10.7 Å². The zero-order valence-electron chi connectivity index (χ0n) is 9.22. The number of carbonyl (C=O) groups excluding carboxylic acids is 1. The molecule has 0 aliphatic carbocycles. The average molecular weight is 257 g/mol. The van der Waals surface area contributed by atoms with Crippen LogP contribution in [0.4, 0.5) is 19.3 Å². The normalized spacial score (nSPS) is 18.7. The molecule has 0 spiro atoms. The molecule has 18 heavy (non-hydrogen) atoms. The molecule has 0 unspecified atom stereocenters. The van der Waals surface area contributed by atoms with Gasteiger partial charge in [-0.1, -0.05) is 12.1 Å². The van der Waals surface area contributed by atoms with Crippen molar-refractivity contribution in [2.45, 2.75) is 19.0 Å². The lowest BCUT2D eigenvalue weighted by Crippen LogP contribution is -2.38. The molecule has 5 nitrogen and oxygen atoms in total. The van der Waals surface area contributed by atoms with Gasteiger partial charge in [-0.15, -0.1) is 0 Å². The van der Waals surface area contributed by atoms with E-state index >= 15 is 0 Å². The van der Waals surface area contributed by atoms with Gasteiger partial charge in [0.05, 0.1) is 17.4 Å². The first kappa shape index (κ1) is 12.4. The van der Waals surface area contributed by atoms with Crippen LogP contribution in [0.2, 0.25) is 0 Å². The summed E-state index contributed by atoms with van der Waals surface area (Å²) in [6.07, 6.45) is -3.01. The second kappa shape index (κ2) is 3.74. The fourth-order valence-corrected chi connectivity index (χ4v) is 1.98. The van der Waals surface area contributed by atoms with Gasteiger partial charge in [0, 0.05) is 0 Å². The number of hydrogen-bond acceptors (Lipinski definition) is 3. The summed E-state index contributed by atoms with van der Waals surface area (Å²) in [4.78, 5) is 22.3. The van der Waals surface area contributed by atoms with Gasteiger partial charge in [0.2, 0.25) is 0 Å². The second-order valence-corrected chi connectivity index (χ2v) is 3.91. The minimum absolute atomic E-state index is 0.00120. The van der Waals surface area contributed by atoms with E-state index in [0.717, 1.165) is 6.07 Å². The van der Waals surface area contributed by atoms with E-state index in [2.05, 4.69) is 0 Å². The predicted octanol–water partition coefficient (Wildman–Crippen LogP) is 1.86. The topological polar surface area (TPSA) is 77.8 Å². The van der Waals surface area contributed by atoms with Gasteiger partial charge in [0.15, 0.2) is 0 Å². The summed E-state index contributed by atoms with van der Waals surface area (Å²) in [5.74, 6) is -5.76. The first-order valence-electron chi connectivity index (χ1n) is 5.05. The van der Waals surface area contributed by atoms with Gasteiger partial charge >= 0.3 is 17.9 Å². The molecule has 2 amide bonds. The number of rotatable bonds is 1. The number of carboxylic acid groups (broad SMARTS) is 1. The quantitative estimate of drug-likeness (QED) is 0.804. The number of alkyl halides is 2. The van der Waals surface area contributed by atoms with Crippen LogP contribution < -0.4 is 4.90 Å². The summed E-state index contributed by atoms with van der Waals surface area (Å²) in [5.41, 5.74) is -1.31. The van der Waals surface area contributed by atoms with Crippen molar-refractivity contribution in [1.82, 2.24) is 0 Å². The summed E-state index contributed by atoms with van der Waals surface area (Å²) in [7, 11) is 0. The van der Waals surface area contributed by atoms with E-state index in [0.29, 0.717) is 0 Å². The highest BCUT2D eigenvalue weighted by Gasteiger charge is 2.56. The second-order valence-electron chi connectivity index (χ2n) is 3.91. The number of imide groups is 1. The molecule has 0 bridgehead atoms. The zero-order valence-corrected chi connectivity index (χ0v) is 9.22. The molecule has 0 saturated heterocycles. The molecule has 2 rings (SSSR count). The van der Waals surface area contributed by atoms with Crippen molar-refractivity contribution in [3.8, 4) is 0 Å². The Labute approximate surface area is 100 Å². The van der Waals surface area contributed by atoms with Crippen molar-refractivity contribution in [3.63, 3.8) is 0 Å². The molecule has 7 heteroatoms. The van der Waals surface area contributed by atoms with E-state index in [1.54, 1.807) is 0 Å². The van der Waals surface area contributed by atoms with Gasteiger partial charge in [-0.3, -0.25) is 4.79 Å². The smallest absolute Gasteiger partial charge is 0.418 e. The molecular formula is C11H9F2NO4. The lowest BCUT2D eigenvalue weighted by molar-refractivity contribution is -0.141. The Kier molecular flexibility index (Phi) is 2.58. The number of amides is 2. The molecule has 1 aromatic rings. The molecule has 0 aromatic heterocycles. The highest BCUT2D eigenvalue weighted by atomic mass is 19.3. The Hall–Kier alpha value is -2.02. The van der Waals surface area contributed by atoms with Crippen LogP contribution in [0.1, 0.15) is 24.2 Å². The van der Waals surface area contributed by atoms with Crippen molar-refractivity contribution < 1.29 is 28.6 Å². The number of anilines is 1. The molecule has 1 aliphatic rings. The fraction of sp³-hybridized carbons (Fsp3) is 0.273. The predicted molar refractivity (Wildman–Crippen MR) is 56.5 cm³/mol. The molecule has 2 N–H and O–H groups in total. The minimum atomic E-state index is -3.94. The molecule has 0 radical (unpaired) electrons. The highest BCUT2D eigenvalue weighted by Crippen LogP contribution is 2.47. The van der Waals surface area contributed by atoms with E-state index in [4.69, 9.17) is 5.11 Å². The maximum atomic E-state index is 13.8. The summed E-state index contributed by atoms with van der Waals surface area (Å²) in [6.45, 7) is 1.26. The summed E-state index contributed by atoms with van der Waals surface area (Å²) in [5, 5.41) is 18.2. The molecular weight excluding hydrogens is 248 g/mol. The van der Waals surface area contributed by atoms with Gasteiger partial charge in [0.25, 0.3) is 0 Å². The SMILES string of the molecule is C[C@@H](O)c1cccc2c1C(F)(F)C(=O)N2C(=O)O. The highest BCUT2D eigenvalue weighted by molar-refractivity contribution is 6.19. The molecule has 1 heterocycles. The Morgan fingerprint density at radius 2 is 2.06 bits per heavy atom. The molecule has 0 saturated carbocycles. The van der Waals surface area contributed by atoms with E-state index < -0.39 is 35.3 Å². The van der Waals surface area contributed by atoms with Crippen LogP contribution in [0, 0.1) is 0 Å². The third-order valence-electron chi connectivity index (χ3n) is 2.74. The number of hydrogen-bond donors (Lipinski definition) is 2. The van der Waals surface area contributed by atoms with Gasteiger partial charge in [-0.05, 0) is 18.6 Å². The summed E-state index contributed by atoms with van der Waals surface area (Å²) < 4.78 is 27.6. The van der Waals surface area contributed by atoms with Gasteiger partial charge in [0.1, 0.15) is 0 Å². The first-order chi connectivity index (χ1) is 8.28. The van der Waals surface area contributed by atoms with E-state index in [1.165, 1.54) is 19.1 Å².